The van der Waals surface area contributed by atoms with Crippen molar-refractivity contribution in [1.29, 1.82) is 0 Å². The zero-order valence-electron chi connectivity index (χ0n) is 13.1. The van der Waals surface area contributed by atoms with E-state index in [1.165, 1.54) is 22.0 Å². The van der Waals surface area contributed by atoms with Crippen LogP contribution in [-0.4, -0.2) is 23.1 Å². The normalized spacial score (nSPS) is 15.1. The van der Waals surface area contributed by atoms with E-state index < -0.39 is 0 Å². The molecule has 0 radical (unpaired) electrons. The molecule has 1 aliphatic rings. The Morgan fingerprint density at radius 3 is 2.59 bits per heavy atom. The number of aryl methyl sites for hydroxylation is 2. The Balaban J connectivity index is 1.74. The van der Waals surface area contributed by atoms with Crippen LogP contribution in [0.3, 0.4) is 0 Å². The van der Waals surface area contributed by atoms with Gasteiger partial charge in [-0.2, -0.15) is 0 Å². The summed E-state index contributed by atoms with van der Waals surface area (Å²) in [6, 6.07) is 19.7. The summed E-state index contributed by atoms with van der Waals surface area (Å²) in [7, 11) is 2.22. The van der Waals surface area contributed by atoms with Crippen LogP contribution >= 0.6 is 0 Å². The van der Waals surface area contributed by atoms with E-state index in [0.717, 1.165) is 32.5 Å². The van der Waals surface area contributed by atoms with Gasteiger partial charge in [-0.15, -0.1) is 0 Å². The van der Waals surface area contributed by atoms with E-state index in [4.69, 9.17) is 0 Å². The van der Waals surface area contributed by atoms with Crippen LogP contribution in [0.2, 0.25) is 0 Å². The van der Waals surface area contributed by atoms with Crippen LogP contribution in [0.1, 0.15) is 16.8 Å². The first-order valence-corrected chi connectivity index (χ1v) is 8.14. The lowest BCUT2D eigenvalue weighted by Gasteiger charge is -2.24. The third-order valence-corrected chi connectivity index (χ3v) is 4.82. The second kappa shape index (κ2) is 5.62. The van der Waals surface area contributed by atoms with Crippen LogP contribution < -0.4 is 0 Å². The van der Waals surface area contributed by atoms with Gasteiger partial charge in [0.25, 0.3) is 0 Å². The van der Waals surface area contributed by atoms with Crippen molar-refractivity contribution in [2.75, 3.05) is 13.6 Å². The molecule has 1 aromatic heterocycles. The van der Waals surface area contributed by atoms with Gasteiger partial charge >= 0.3 is 0 Å². The fourth-order valence-corrected chi connectivity index (χ4v) is 3.68. The predicted octanol–water partition coefficient (Wildman–Crippen LogP) is 3.87. The molecule has 0 saturated heterocycles. The Bertz CT molecular complexity index is 786. The minimum atomic E-state index is 1.07. The van der Waals surface area contributed by atoms with E-state index in [1.54, 1.807) is 5.69 Å². The topological polar surface area (TPSA) is 8.17 Å². The molecule has 0 N–H and O–H groups in total. The summed E-state index contributed by atoms with van der Waals surface area (Å²) in [5.74, 6) is 0. The van der Waals surface area contributed by atoms with E-state index in [1.807, 2.05) is 0 Å². The number of para-hydroxylation sites is 1. The molecule has 0 bridgehead atoms. The molecule has 0 aliphatic carbocycles. The van der Waals surface area contributed by atoms with Gasteiger partial charge in [-0.05, 0) is 30.7 Å². The number of hydrogen-bond donors (Lipinski definition) is 0. The Morgan fingerprint density at radius 2 is 1.73 bits per heavy atom. The Labute approximate surface area is 132 Å². The maximum Gasteiger partial charge on any atom is 0.0486 e. The molecule has 0 unspecified atom stereocenters. The molecule has 3 aromatic rings. The lowest BCUT2D eigenvalue weighted by Crippen LogP contribution is -2.27. The molecule has 0 saturated carbocycles. The van der Waals surface area contributed by atoms with Crippen molar-refractivity contribution >= 4 is 10.9 Å². The van der Waals surface area contributed by atoms with Gasteiger partial charge in [0.2, 0.25) is 0 Å². The van der Waals surface area contributed by atoms with Gasteiger partial charge in [0, 0.05) is 42.7 Å². The Hall–Kier alpha value is -2.06. The molecule has 1 aliphatic heterocycles. The number of rotatable bonds is 3. The van der Waals surface area contributed by atoms with Crippen molar-refractivity contribution in [3.63, 3.8) is 0 Å². The SMILES string of the molecule is CN1CCc2c(c3ccccc3n2CCc2ccccc2)C1. The van der Waals surface area contributed by atoms with Crippen LogP contribution in [0.15, 0.2) is 54.6 Å². The van der Waals surface area contributed by atoms with Crippen molar-refractivity contribution in [2.24, 2.45) is 0 Å². The highest BCUT2D eigenvalue weighted by Crippen LogP contribution is 2.30. The minimum Gasteiger partial charge on any atom is -0.344 e. The fourth-order valence-electron chi connectivity index (χ4n) is 3.68. The van der Waals surface area contributed by atoms with E-state index in [9.17, 15) is 0 Å². The van der Waals surface area contributed by atoms with Gasteiger partial charge in [0.1, 0.15) is 0 Å². The number of fused-ring (bicyclic) bond motifs is 3. The molecule has 0 amide bonds. The van der Waals surface area contributed by atoms with Gasteiger partial charge in [-0.1, -0.05) is 48.5 Å². The molecule has 0 spiro atoms. The highest BCUT2D eigenvalue weighted by molar-refractivity contribution is 5.85. The summed E-state index contributed by atoms with van der Waals surface area (Å²) in [5.41, 5.74) is 5.91. The zero-order chi connectivity index (χ0) is 14.9. The standard InChI is InChI=1S/C20H22N2/c1-21-13-12-20-18(15-21)17-9-5-6-10-19(17)22(20)14-11-16-7-3-2-4-8-16/h2-10H,11-15H2,1H3. The van der Waals surface area contributed by atoms with E-state index >= 15 is 0 Å². The van der Waals surface area contributed by atoms with Gasteiger partial charge in [-0.25, -0.2) is 0 Å². The Kier molecular flexibility index (Phi) is 3.47. The smallest absolute Gasteiger partial charge is 0.0486 e. The van der Waals surface area contributed by atoms with Crippen molar-refractivity contribution in [3.05, 3.63) is 71.4 Å². The molecule has 2 nitrogen and oxygen atoms in total. The molecule has 0 fully saturated rings. The van der Waals surface area contributed by atoms with Crippen molar-refractivity contribution in [2.45, 2.75) is 25.9 Å². The summed E-state index contributed by atoms with van der Waals surface area (Å²) in [4.78, 5) is 2.43. The average molecular weight is 290 g/mol. The van der Waals surface area contributed by atoms with Gasteiger partial charge in [0.05, 0.1) is 0 Å². The van der Waals surface area contributed by atoms with Crippen LogP contribution in [-0.2, 0) is 25.9 Å². The zero-order valence-corrected chi connectivity index (χ0v) is 13.1. The van der Waals surface area contributed by atoms with Crippen molar-refractivity contribution < 1.29 is 0 Å². The second-order valence-corrected chi connectivity index (χ2v) is 6.32. The first-order valence-electron chi connectivity index (χ1n) is 8.14. The summed E-state index contributed by atoms with van der Waals surface area (Å²) in [6.45, 7) is 3.31. The van der Waals surface area contributed by atoms with E-state index in [0.29, 0.717) is 0 Å². The average Bonchev–Trinajstić information content (AvgIpc) is 2.87. The van der Waals surface area contributed by atoms with Crippen molar-refractivity contribution in [3.8, 4) is 0 Å². The number of likely N-dealkylation sites (N-methyl/N-ethyl adjacent to an activating group) is 1. The monoisotopic (exact) mass is 290 g/mol. The van der Waals surface area contributed by atoms with Gasteiger partial charge in [-0.3, -0.25) is 0 Å². The predicted molar refractivity (Wildman–Crippen MR) is 92.1 cm³/mol. The third kappa shape index (κ3) is 2.34. The molecule has 2 aromatic carbocycles. The van der Waals surface area contributed by atoms with Crippen LogP contribution in [0.5, 0.6) is 0 Å². The lowest BCUT2D eigenvalue weighted by atomic mass is 10.1. The first kappa shape index (κ1) is 13.6. The molecule has 0 atom stereocenters. The molecular weight excluding hydrogens is 268 g/mol. The van der Waals surface area contributed by atoms with Crippen molar-refractivity contribution in [1.82, 2.24) is 9.47 Å². The van der Waals surface area contributed by atoms with Crippen LogP contribution in [0, 0.1) is 0 Å². The largest absolute Gasteiger partial charge is 0.344 e. The van der Waals surface area contributed by atoms with Gasteiger partial charge in [0.15, 0.2) is 0 Å². The number of nitrogens with zero attached hydrogens (tertiary/aromatic N) is 2. The minimum absolute atomic E-state index is 1.07. The van der Waals surface area contributed by atoms with Gasteiger partial charge < -0.3 is 9.47 Å². The Morgan fingerprint density at radius 1 is 0.955 bits per heavy atom. The first-order chi connectivity index (χ1) is 10.8. The maximum absolute atomic E-state index is 2.56. The van der Waals surface area contributed by atoms with Crippen LogP contribution in [0.4, 0.5) is 0 Å². The van der Waals surface area contributed by atoms with Crippen LogP contribution in [0.25, 0.3) is 10.9 Å². The summed E-state index contributed by atoms with van der Waals surface area (Å²) >= 11 is 0. The maximum atomic E-state index is 2.56. The summed E-state index contributed by atoms with van der Waals surface area (Å²) in [6.07, 6.45) is 2.26. The summed E-state index contributed by atoms with van der Waals surface area (Å²) < 4.78 is 2.56. The van der Waals surface area contributed by atoms with E-state index in [-0.39, 0.29) is 0 Å². The second-order valence-electron chi connectivity index (χ2n) is 6.32. The van der Waals surface area contributed by atoms with E-state index in [2.05, 4.69) is 71.1 Å². The molecule has 4 rings (SSSR count). The highest BCUT2D eigenvalue weighted by Gasteiger charge is 2.21. The lowest BCUT2D eigenvalue weighted by molar-refractivity contribution is 0.309. The molecule has 2 heterocycles. The molecular formula is C20H22N2. The number of hydrogen-bond acceptors (Lipinski definition) is 1. The highest BCUT2D eigenvalue weighted by atomic mass is 15.1. The quantitative estimate of drug-likeness (QED) is 0.711. The third-order valence-electron chi connectivity index (χ3n) is 4.82. The number of benzene rings is 2. The summed E-state index contributed by atoms with van der Waals surface area (Å²) in [5, 5.41) is 1.44. The fraction of sp³-hybridized carbons (Fsp3) is 0.300. The molecule has 2 heteroatoms. The molecule has 112 valence electrons. The number of aromatic nitrogens is 1. The molecule has 22 heavy (non-hydrogen) atoms.